The van der Waals surface area contributed by atoms with E-state index in [-0.39, 0.29) is 25.1 Å². The summed E-state index contributed by atoms with van der Waals surface area (Å²) in [6.45, 7) is 4.37. The van der Waals surface area contributed by atoms with E-state index in [0.717, 1.165) is 28.8 Å². The second-order valence-electron chi connectivity index (χ2n) is 6.02. The van der Waals surface area contributed by atoms with Crippen molar-refractivity contribution in [1.82, 2.24) is 5.32 Å². The van der Waals surface area contributed by atoms with Crippen LogP contribution in [0.25, 0.3) is 0 Å². The highest BCUT2D eigenvalue weighted by Gasteiger charge is 2.13. The van der Waals surface area contributed by atoms with Gasteiger partial charge in [-0.15, -0.1) is 0 Å². The summed E-state index contributed by atoms with van der Waals surface area (Å²) in [6.07, 6.45) is 1.49. The number of rotatable bonds is 8. The van der Waals surface area contributed by atoms with Crippen molar-refractivity contribution in [3.63, 3.8) is 0 Å². The van der Waals surface area contributed by atoms with E-state index in [1.54, 1.807) is 0 Å². The summed E-state index contributed by atoms with van der Waals surface area (Å²) in [4.78, 5) is 12.3. The standard InChI is InChI=1S/C20H26N2O2/c1-15-8-6-9-16(2)20(15)22-19(24)14-21-18(12-7-13-23)17-10-4-3-5-11-17/h3-6,8-11,18,21,23H,7,12-14H2,1-2H3,(H,22,24). The summed E-state index contributed by atoms with van der Waals surface area (Å²) in [7, 11) is 0. The Kier molecular flexibility index (Phi) is 6.97. The first-order chi connectivity index (χ1) is 11.6. The molecule has 0 heterocycles. The number of nitrogens with one attached hydrogen (secondary N) is 2. The van der Waals surface area contributed by atoms with Crippen LogP contribution in [0.1, 0.15) is 35.6 Å². The Morgan fingerprint density at radius 1 is 1.04 bits per heavy atom. The molecule has 1 atom stereocenters. The lowest BCUT2D eigenvalue weighted by Gasteiger charge is -2.19. The molecule has 1 unspecified atom stereocenters. The Hall–Kier alpha value is -2.17. The van der Waals surface area contributed by atoms with Gasteiger partial charge in [0.1, 0.15) is 0 Å². The highest BCUT2D eigenvalue weighted by molar-refractivity contribution is 5.93. The monoisotopic (exact) mass is 326 g/mol. The van der Waals surface area contributed by atoms with Gasteiger partial charge in [-0.1, -0.05) is 48.5 Å². The number of aliphatic hydroxyl groups excluding tert-OH is 1. The number of hydrogen-bond acceptors (Lipinski definition) is 3. The van der Waals surface area contributed by atoms with Crippen molar-refractivity contribution in [3.8, 4) is 0 Å². The van der Waals surface area contributed by atoms with E-state index in [2.05, 4.69) is 10.6 Å². The molecule has 0 aromatic heterocycles. The van der Waals surface area contributed by atoms with Crippen LogP contribution in [0.5, 0.6) is 0 Å². The van der Waals surface area contributed by atoms with E-state index >= 15 is 0 Å². The quantitative estimate of drug-likeness (QED) is 0.697. The second-order valence-corrected chi connectivity index (χ2v) is 6.02. The summed E-state index contributed by atoms with van der Waals surface area (Å²) >= 11 is 0. The number of carbonyl (C=O) groups is 1. The summed E-state index contributed by atoms with van der Waals surface area (Å²) in [5, 5.41) is 15.4. The third kappa shape index (κ3) is 5.18. The number of para-hydroxylation sites is 1. The molecule has 3 N–H and O–H groups in total. The first-order valence-corrected chi connectivity index (χ1v) is 8.37. The Labute approximate surface area is 143 Å². The molecule has 0 bridgehead atoms. The lowest BCUT2D eigenvalue weighted by Crippen LogP contribution is -2.31. The third-order valence-electron chi connectivity index (χ3n) is 4.11. The molecule has 0 aliphatic heterocycles. The molecule has 0 aliphatic rings. The van der Waals surface area contributed by atoms with Crippen molar-refractivity contribution >= 4 is 11.6 Å². The van der Waals surface area contributed by atoms with E-state index in [4.69, 9.17) is 5.11 Å². The van der Waals surface area contributed by atoms with Crippen LogP contribution in [0.3, 0.4) is 0 Å². The Morgan fingerprint density at radius 3 is 2.33 bits per heavy atom. The predicted octanol–water partition coefficient (Wildman–Crippen LogP) is 3.35. The van der Waals surface area contributed by atoms with Gasteiger partial charge in [0.2, 0.25) is 5.91 Å². The molecule has 2 aromatic carbocycles. The van der Waals surface area contributed by atoms with Crippen LogP contribution in [0.15, 0.2) is 48.5 Å². The molecule has 0 saturated heterocycles. The van der Waals surface area contributed by atoms with Crippen molar-refractivity contribution < 1.29 is 9.90 Å². The lowest BCUT2D eigenvalue weighted by atomic mass is 10.0. The number of amides is 1. The second kappa shape index (κ2) is 9.21. The zero-order valence-electron chi connectivity index (χ0n) is 14.4. The molecule has 1 amide bonds. The average Bonchev–Trinajstić information content (AvgIpc) is 2.59. The number of aryl methyl sites for hydroxylation is 2. The average molecular weight is 326 g/mol. The predicted molar refractivity (Wildman–Crippen MR) is 98.1 cm³/mol. The Morgan fingerprint density at radius 2 is 1.71 bits per heavy atom. The zero-order chi connectivity index (χ0) is 17.4. The maximum Gasteiger partial charge on any atom is 0.238 e. The van der Waals surface area contributed by atoms with Crippen molar-refractivity contribution in [2.24, 2.45) is 0 Å². The lowest BCUT2D eigenvalue weighted by molar-refractivity contribution is -0.115. The van der Waals surface area contributed by atoms with Crippen LogP contribution < -0.4 is 10.6 Å². The fraction of sp³-hybridized carbons (Fsp3) is 0.350. The van der Waals surface area contributed by atoms with E-state index in [9.17, 15) is 4.79 Å². The first-order valence-electron chi connectivity index (χ1n) is 8.37. The van der Waals surface area contributed by atoms with Crippen LogP contribution in [0.2, 0.25) is 0 Å². The fourth-order valence-electron chi connectivity index (χ4n) is 2.78. The smallest absolute Gasteiger partial charge is 0.238 e. The van der Waals surface area contributed by atoms with Crippen LogP contribution in [0, 0.1) is 13.8 Å². The van der Waals surface area contributed by atoms with Gasteiger partial charge in [-0.25, -0.2) is 0 Å². The highest BCUT2D eigenvalue weighted by atomic mass is 16.2. The molecule has 24 heavy (non-hydrogen) atoms. The van der Waals surface area contributed by atoms with E-state index in [1.807, 2.05) is 62.4 Å². The molecule has 4 heteroatoms. The maximum atomic E-state index is 12.3. The molecule has 4 nitrogen and oxygen atoms in total. The normalized spacial score (nSPS) is 12.0. The summed E-state index contributed by atoms with van der Waals surface area (Å²) in [5.41, 5.74) is 4.13. The van der Waals surface area contributed by atoms with Crippen molar-refractivity contribution in [2.75, 3.05) is 18.5 Å². The van der Waals surface area contributed by atoms with Gasteiger partial charge in [0.15, 0.2) is 0 Å². The summed E-state index contributed by atoms with van der Waals surface area (Å²) < 4.78 is 0. The van der Waals surface area contributed by atoms with Gasteiger partial charge in [0.25, 0.3) is 0 Å². The number of benzene rings is 2. The van der Waals surface area contributed by atoms with Gasteiger partial charge >= 0.3 is 0 Å². The topological polar surface area (TPSA) is 61.4 Å². The largest absolute Gasteiger partial charge is 0.396 e. The fourth-order valence-corrected chi connectivity index (χ4v) is 2.78. The number of anilines is 1. The van der Waals surface area contributed by atoms with E-state index in [0.29, 0.717) is 6.42 Å². The first kappa shape index (κ1) is 18.2. The van der Waals surface area contributed by atoms with Crippen molar-refractivity contribution in [3.05, 3.63) is 65.2 Å². The SMILES string of the molecule is Cc1cccc(C)c1NC(=O)CNC(CCCO)c1ccccc1. The van der Waals surface area contributed by atoms with Crippen LogP contribution >= 0.6 is 0 Å². The van der Waals surface area contributed by atoms with Crippen LogP contribution in [0.4, 0.5) is 5.69 Å². The molecular formula is C20H26N2O2. The molecule has 0 aliphatic carbocycles. The molecular weight excluding hydrogens is 300 g/mol. The Balaban J connectivity index is 1.97. The van der Waals surface area contributed by atoms with Gasteiger partial charge < -0.3 is 15.7 Å². The molecule has 0 saturated carbocycles. The molecule has 2 aromatic rings. The minimum atomic E-state index is -0.0580. The van der Waals surface area contributed by atoms with E-state index < -0.39 is 0 Å². The van der Waals surface area contributed by atoms with Gasteiger partial charge in [-0.3, -0.25) is 4.79 Å². The summed E-state index contributed by atoms with van der Waals surface area (Å²) in [5.74, 6) is -0.0580. The minimum Gasteiger partial charge on any atom is -0.396 e. The Bertz CT molecular complexity index is 636. The molecule has 128 valence electrons. The highest BCUT2D eigenvalue weighted by Crippen LogP contribution is 2.20. The number of aliphatic hydroxyl groups is 1. The van der Waals surface area contributed by atoms with Gasteiger partial charge in [0, 0.05) is 18.3 Å². The summed E-state index contributed by atoms with van der Waals surface area (Å²) in [6, 6.07) is 16.0. The zero-order valence-corrected chi connectivity index (χ0v) is 14.4. The molecule has 2 rings (SSSR count). The number of carbonyl (C=O) groups excluding carboxylic acids is 1. The van der Waals surface area contributed by atoms with Gasteiger partial charge in [0.05, 0.1) is 6.54 Å². The van der Waals surface area contributed by atoms with Crippen LogP contribution in [-0.4, -0.2) is 24.2 Å². The van der Waals surface area contributed by atoms with Gasteiger partial charge in [-0.2, -0.15) is 0 Å². The molecule has 0 fully saturated rings. The van der Waals surface area contributed by atoms with Crippen LogP contribution in [-0.2, 0) is 4.79 Å². The van der Waals surface area contributed by atoms with E-state index in [1.165, 1.54) is 0 Å². The molecule has 0 radical (unpaired) electrons. The maximum absolute atomic E-state index is 12.3. The molecule has 0 spiro atoms. The van der Waals surface area contributed by atoms with Gasteiger partial charge in [-0.05, 0) is 43.4 Å². The minimum absolute atomic E-state index is 0.0575. The third-order valence-corrected chi connectivity index (χ3v) is 4.11. The number of hydrogen-bond donors (Lipinski definition) is 3. The van der Waals surface area contributed by atoms with Crippen molar-refractivity contribution in [2.45, 2.75) is 32.7 Å². The van der Waals surface area contributed by atoms with Crippen molar-refractivity contribution in [1.29, 1.82) is 0 Å².